The number of pyridine rings is 1. The van der Waals surface area contributed by atoms with E-state index in [4.69, 9.17) is 0 Å². The Hall–Kier alpha value is -1.02. The molecule has 0 atom stereocenters. The first-order valence-corrected chi connectivity index (χ1v) is 7.70. The van der Waals surface area contributed by atoms with Gasteiger partial charge in [-0.05, 0) is 12.1 Å². The molecule has 106 valence electrons. The van der Waals surface area contributed by atoms with Crippen molar-refractivity contribution in [2.75, 3.05) is 40.3 Å². The Labute approximate surface area is 114 Å². The van der Waals surface area contributed by atoms with Crippen molar-refractivity contribution in [1.29, 1.82) is 0 Å². The minimum Gasteiger partial charge on any atom is -0.295 e. The van der Waals surface area contributed by atoms with Gasteiger partial charge in [0.1, 0.15) is 0 Å². The predicted octanol–water partition coefficient (Wildman–Crippen LogP) is 0.00560. The number of rotatable bonds is 4. The molecule has 1 aromatic rings. The minimum absolute atomic E-state index is 0.535. The molecule has 6 nitrogen and oxygen atoms in total. The molecule has 0 spiro atoms. The fraction of sp³-hybridized carbons (Fsp3) is 0.583. The molecule has 0 bridgehead atoms. The third kappa shape index (κ3) is 3.50. The monoisotopic (exact) mass is 284 g/mol. The van der Waals surface area contributed by atoms with Gasteiger partial charge in [-0.25, -0.2) is 0 Å². The van der Waals surface area contributed by atoms with E-state index in [1.807, 2.05) is 18.2 Å². The minimum atomic E-state index is -3.27. The van der Waals surface area contributed by atoms with Crippen LogP contribution in [0.4, 0.5) is 0 Å². The molecule has 7 heteroatoms. The number of piperazine rings is 1. The highest BCUT2D eigenvalue weighted by atomic mass is 32.2. The fourth-order valence-electron chi connectivity index (χ4n) is 2.07. The van der Waals surface area contributed by atoms with E-state index in [1.165, 1.54) is 8.61 Å². The molecular weight excluding hydrogens is 264 g/mol. The Morgan fingerprint density at radius 2 is 1.89 bits per heavy atom. The van der Waals surface area contributed by atoms with Gasteiger partial charge < -0.3 is 0 Å². The average molecular weight is 284 g/mol. The predicted molar refractivity (Wildman–Crippen MR) is 73.7 cm³/mol. The normalized spacial score (nSPS) is 18.9. The Balaban J connectivity index is 1.90. The lowest BCUT2D eigenvalue weighted by Gasteiger charge is -2.34. The molecular formula is C12H20N4O2S. The first-order valence-electron chi connectivity index (χ1n) is 6.30. The summed E-state index contributed by atoms with van der Waals surface area (Å²) in [6.45, 7) is 3.32. The SMILES string of the molecule is CN(C)S(=O)(=O)N1CCN(Cc2ccccn2)CC1. The van der Waals surface area contributed by atoms with Gasteiger partial charge in [0.15, 0.2) is 0 Å². The van der Waals surface area contributed by atoms with Crippen LogP contribution in [0.15, 0.2) is 24.4 Å². The van der Waals surface area contributed by atoms with Crippen LogP contribution < -0.4 is 0 Å². The summed E-state index contributed by atoms with van der Waals surface area (Å²) in [5.41, 5.74) is 1.02. The molecule has 1 saturated heterocycles. The van der Waals surface area contributed by atoms with Gasteiger partial charge in [0, 0.05) is 53.0 Å². The standard InChI is InChI=1S/C12H20N4O2S/c1-14(2)19(17,18)16-9-7-15(8-10-16)11-12-5-3-4-6-13-12/h3-6H,7-11H2,1-2H3. The van der Waals surface area contributed by atoms with Crippen molar-refractivity contribution in [2.45, 2.75) is 6.54 Å². The largest absolute Gasteiger partial charge is 0.295 e. The fourth-order valence-corrected chi connectivity index (χ4v) is 3.16. The number of hydrogen-bond acceptors (Lipinski definition) is 4. The van der Waals surface area contributed by atoms with Crippen LogP contribution in [0.1, 0.15) is 5.69 Å². The Bertz CT molecular complexity index is 496. The van der Waals surface area contributed by atoms with Crippen molar-refractivity contribution in [3.05, 3.63) is 30.1 Å². The van der Waals surface area contributed by atoms with E-state index in [1.54, 1.807) is 20.3 Å². The van der Waals surface area contributed by atoms with Crippen LogP contribution in [-0.4, -0.2) is 67.2 Å². The summed E-state index contributed by atoms with van der Waals surface area (Å²) in [7, 11) is -0.142. The average Bonchev–Trinajstić information content (AvgIpc) is 2.40. The van der Waals surface area contributed by atoms with Crippen LogP contribution in [-0.2, 0) is 16.8 Å². The van der Waals surface area contributed by atoms with Gasteiger partial charge in [-0.1, -0.05) is 6.07 Å². The van der Waals surface area contributed by atoms with Crippen LogP contribution in [0.2, 0.25) is 0 Å². The second kappa shape index (κ2) is 5.96. The molecule has 0 aromatic carbocycles. The Morgan fingerprint density at radius 3 is 2.42 bits per heavy atom. The summed E-state index contributed by atoms with van der Waals surface area (Å²) < 4.78 is 26.7. The van der Waals surface area contributed by atoms with Crippen LogP contribution in [0, 0.1) is 0 Å². The van der Waals surface area contributed by atoms with E-state index < -0.39 is 10.2 Å². The molecule has 0 N–H and O–H groups in total. The molecule has 1 aliphatic heterocycles. The quantitative estimate of drug-likeness (QED) is 0.781. The van der Waals surface area contributed by atoms with Crippen molar-refractivity contribution in [1.82, 2.24) is 18.5 Å². The van der Waals surface area contributed by atoms with E-state index >= 15 is 0 Å². The van der Waals surface area contributed by atoms with Gasteiger partial charge in [0.05, 0.1) is 5.69 Å². The summed E-state index contributed by atoms with van der Waals surface area (Å²) in [6.07, 6.45) is 1.78. The van der Waals surface area contributed by atoms with Gasteiger partial charge in [-0.2, -0.15) is 17.0 Å². The third-order valence-electron chi connectivity index (χ3n) is 3.23. The van der Waals surface area contributed by atoms with E-state index in [9.17, 15) is 8.42 Å². The Kier molecular flexibility index (Phi) is 4.51. The van der Waals surface area contributed by atoms with Crippen molar-refractivity contribution in [2.24, 2.45) is 0 Å². The van der Waals surface area contributed by atoms with Crippen molar-refractivity contribution >= 4 is 10.2 Å². The van der Waals surface area contributed by atoms with E-state index in [0.717, 1.165) is 25.3 Å². The lowest BCUT2D eigenvalue weighted by atomic mass is 10.3. The molecule has 1 fully saturated rings. The number of hydrogen-bond donors (Lipinski definition) is 0. The lowest BCUT2D eigenvalue weighted by Crippen LogP contribution is -2.51. The molecule has 0 saturated carbocycles. The Morgan fingerprint density at radius 1 is 1.21 bits per heavy atom. The maximum atomic E-state index is 12.0. The zero-order valence-corrected chi connectivity index (χ0v) is 12.2. The molecule has 1 aromatic heterocycles. The summed E-state index contributed by atoms with van der Waals surface area (Å²) in [5, 5.41) is 0. The zero-order valence-electron chi connectivity index (χ0n) is 11.4. The number of nitrogens with zero attached hydrogens (tertiary/aromatic N) is 4. The van der Waals surface area contributed by atoms with Crippen LogP contribution >= 0.6 is 0 Å². The molecule has 2 rings (SSSR count). The van der Waals surface area contributed by atoms with E-state index in [2.05, 4.69) is 9.88 Å². The van der Waals surface area contributed by atoms with Crippen LogP contribution in [0.3, 0.4) is 0 Å². The second-order valence-electron chi connectivity index (χ2n) is 4.79. The van der Waals surface area contributed by atoms with Gasteiger partial charge in [0.25, 0.3) is 10.2 Å². The maximum Gasteiger partial charge on any atom is 0.281 e. The van der Waals surface area contributed by atoms with Crippen LogP contribution in [0.5, 0.6) is 0 Å². The summed E-state index contributed by atoms with van der Waals surface area (Å²) >= 11 is 0. The van der Waals surface area contributed by atoms with Crippen molar-refractivity contribution < 1.29 is 8.42 Å². The molecule has 19 heavy (non-hydrogen) atoms. The molecule has 0 radical (unpaired) electrons. The molecule has 0 unspecified atom stereocenters. The highest BCUT2D eigenvalue weighted by Gasteiger charge is 2.28. The molecule has 0 amide bonds. The summed E-state index contributed by atoms with van der Waals surface area (Å²) in [5.74, 6) is 0. The first-order chi connectivity index (χ1) is 9.00. The van der Waals surface area contributed by atoms with Gasteiger partial charge >= 0.3 is 0 Å². The zero-order chi connectivity index (χ0) is 13.9. The summed E-state index contributed by atoms with van der Waals surface area (Å²) in [4.78, 5) is 6.51. The highest BCUT2D eigenvalue weighted by molar-refractivity contribution is 7.86. The van der Waals surface area contributed by atoms with Crippen LogP contribution in [0.25, 0.3) is 0 Å². The van der Waals surface area contributed by atoms with E-state index in [0.29, 0.717) is 13.1 Å². The smallest absolute Gasteiger partial charge is 0.281 e. The van der Waals surface area contributed by atoms with Gasteiger partial charge in [-0.3, -0.25) is 9.88 Å². The topological polar surface area (TPSA) is 56.8 Å². The van der Waals surface area contributed by atoms with Crippen molar-refractivity contribution in [3.8, 4) is 0 Å². The van der Waals surface area contributed by atoms with Crippen molar-refractivity contribution in [3.63, 3.8) is 0 Å². The lowest BCUT2D eigenvalue weighted by molar-refractivity contribution is 0.175. The summed E-state index contributed by atoms with van der Waals surface area (Å²) in [6, 6.07) is 5.85. The molecule has 1 aliphatic rings. The first kappa shape index (κ1) is 14.4. The molecule has 0 aliphatic carbocycles. The van der Waals surface area contributed by atoms with E-state index in [-0.39, 0.29) is 0 Å². The molecule has 2 heterocycles. The van der Waals surface area contributed by atoms with Gasteiger partial charge in [0.2, 0.25) is 0 Å². The number of aromatic nitrogens is 1. The third-order valence-corrected chi connectivity index (χ3v) is 5.17. The maximum absolute atomic E-state index is 12.0. The van der Waals surface area contributed by atoms with Gasteiger partial charge in [-0.15, -0.1) is 0 Å². The highest BCUT2D eigenvalue weighted by Crippen LogP contribution is 2.11. The second-order valence-corrected chi connectivity index (χ2v) is 6.93.